The summed E-state index contributed by atoms with van der Waals surface area (Å²) in [5.74, 6) is 1.59. The number of H-pyrrole nitrogens is 1. The molecule has 0 amide bonds. The summed E-state index contributed by atoms with van der Waals surface area (Å²) in [5.41, 5.74) is 1.49. The van der Waals surface area contributed by atoms with Gasteiger partial charge in [0.2, 0.25) is 5.95 Å². The molecule has 5 rings (SSSR count). The fourth-order valence-electron chi connectivity index (χ4n) is 4.47. The van der Waals surface area contributed by atoms with Gasteiger partial charge in [-0.15, -0.1) is 0 Å². The number of imidazole rings is 1. The van der Waals surface area contributed by atoms with Crippen molar-refractivity contribution in [2.75, 3.05) is 23.7 Å². The molecular formula is C23H28N6O4S. The zero-order valence-corrected chi connectivity index (χ0v) is 20.5. The highest BCUT2D eigenvalue weighted by Gasteiger charge is 2.28. The summed E-state index contributed by atoms with van der Waals surface area (Å²) >= 11 is 1.55. The zero-order valence-electron chi connectivity index (χ0n) is 19.6. The first-order valence-corrected chi connectivity index (χ1v) is 12.4. The van der Waals surface area contributed by atoms with Crippen LogP contribution in [-0.2, 0) is 18.3 Å². The normalized spacial score (nSPS) is 19.8. The number of nitrogens with one attached hydrogen (secondary N) is 1. The van der Waals surface area contributed by atoms with Crippen molar-refractivity contribution in [1.82, 2.24) is 24.1 Å². The van der Waals surface area contributed by atoms with Gasteiger partial charge in [0.1, 0.15) is 5.52 Å². The monoisotopic (exact) mass is 484 g/mol. The van der Waals surface area contributed by atoms with Crippen LogP contribution in [0.25, 0.3) is 22.3 Å². The maximum absolute atomic E-state index is 12.9. The number of benzene rings is 1. The molecule has 0 bridgehead atoms. The number of morpholine rings is 1. The Morgan fingerprint density at radius 1 is 1.18 bits per heavy atom. The smallest absolute Gasteiger partial charge is 0.329 e. The number of fused-ring (bicyclic) bond motifs is 2. The second-order valence-corrected chi connectivity index (χ2v) is 10.0. The second kappa shape index (κ2) is 8.95. The molecule has 0 saturated carbocycles. The van der Waals surface area contributed by atoms with Crippen LogP contribution in [0, 0.1) is 5.92 Å². The zero-order chi connectivity index (χ0) is 24.0. The van der Waals surface area contributed by atoms with Crippen LogP contribution < -0.4 is 16.1 Å². The summed E-state index contributed by atoms with van der Waals surface area (Å²) in [6, 6.07) is 7.69. The quantitative estimate of drug-likeness (QED) is 0.416. The number of para-hydroxylation sites is 2. The SMILES string of the molecule is CC(CSc1nc2ccccc2o1)Cn1c(N2CC(C)OC(C)C2)nc2c1c(=O)[nH]c(=O)n2C. The van der Waals surface area contributed by atoms with Crippen molar-refractivity contribution in [2.24, 2.45) is 13.0 Å². The van der Waals surface area contributed by atoms with Gasteiger partial charge in [0.15, 0.2) is 16.7 Å². The molecule has 0 spiro atoms. The molecule has 1 aromatic carbocycles. The molecule has 1 fully saturated rings. The van der Waals surface area contributed by atoms with Gasteiger partial charge < -0.3 is 18.6 Å². The van der Waals surface area contributed by atoms with E-state index in [1.807, 2.05) is 42.7 Å². The predicted octanol–water partition coefficient (Wildman–Crippen LogP) is 2.61. The molecular weight excluding hydrogens is 456 g/mol. The summed E-state index contributed by atoms with van der Waals surface area (Å²) < 4.78 is 15.1. The van der Waals surface area contributed by atoms with Gasteiger partial charge in [-0.1, -0.05) is 30.8 Å². The van der Waals surface area contributed by atoms with E-state index in [1.54, 1.807) is 18.8 Å². The summed E-state index contributed by atoms with van der Waals surface area (Å²) in [4.78, 5) is 38.9. The van der Waals surface area contributed by atoms with Gasteiger partial charge in [-0.25, -0.2) is 9.78 Å². The number of rotatable bonds is 6. The molecule has 3 aromatic heterocycles. The summed E-state index contributed by atoms with van der Waals surface area (Å²) in [6.45, 7) is 8.04. The molecule has 0 aliphatic carbocycles. The van der Waals surface area contributed by atoms with Crippen molar-refractivity contribution in [3.63, 3.8) is 0 Å². The molecule has 4 heterocycles. The average molecular weight is 485 g/mol. The Morgan fingerprint density at radius 2 is 1.91 bits per heavy atom. The molecule has 4 aromatic rings. The molecule has 0 radical (unpaired) electrons. The van der Waals surface area contributed by atoms with Gasteiger partial charge >= 0.3 is 5.69 Å². The van der Waals surface area contributed by atoms with E-state index >= 15 is 0 Å². The first kappa shape index (κ1) is 22.7. The fourth-order valence-corrected chi connectivity index (χ4v) is 5.31. The number of ether oxygens (including phenoxy) is 1. The molecule has 180 valence electrons. The van der Waals surface area contributed by atoms with Crippen LogP contribution in [0.3, 0.4) is 0 Å². The average Bonchev–Trinajstić information content (AvgIpc) is 3.37. The minimum atomic E-state index is -0.475. The van der Waals surface area contributed by atoms with Crippen LogP contribution in [0.5, 0.6) is 0 Å². The highest BCUT2D eigenvalue weighted by atomic mass is 32.2. The van der Waals surface area contributed by atoms with Crippen molar-refractivity contribution in [3.05, 3.63) is 45.1 Å². The van der Waals surface area contributed by atoms with Crippen molar-refractivity contribution in [3.8, 4) is 0 Å². The van der Waals surface area contributed by atoms with Gasteiger partial charge in [0.05, 0.1) is 12.2 Å². The van der Waals surface area contributed by atoms with Gasteiger partial charge in [-0.05, 0) is 31.9 Å². The largest absolute Gasteiger partial charge is 0.431 e. The Hall–Kier alpha value is -3.05. The topological polar surface area (TPSA) is 111 Å². The number of oxazole rings is 1. The Kier molecular flexibility index (Phi) is 5.98. The lowest BCUT2D eigenvalue weighted by atomic mass is 10.2. The number of hydrogen-bond donors (Lipinski definition) is 1. The molecule has 3 unspecified atom stereocenters. The van der Waals surface area contributed by atoms with Gasteiger partial charge in [0.25, 0.3) is 10.8 Å². The van der Waals surface area contributed by atoms with Crippen molar-refractivity contribution in [1.29, 1.82) is 0 Å². The third-order valence-corrected chi connectivity index (χ3v) is 7.11. The molecule has 1 aliphatic heterocycles. The molecule has 11 heteroatoms. The molecule has 1 aliphatic rings. The lowest BCUT2D eigenvalue weighted by Gasteiger charge is -2.36. The van der Waals surface area contributed by atoms with Crippen LogP contribution in [-0.4, -0.2) is 55.1 Å². The van der Waals surface area contributed by atoms with E-state index in [2.05, 4.69) is 21.8 Å². The molecule has 1 saturated heterocycles. The standard InChI is InChI=1S/C23H28N6O4S/c1-13(12-34-23-24-16-7-5-6-8-17(16)33-23)9-29-18-19(27(4)22(31)26-20(18)30)25-21(29)28-10-14(2)32-15(3)11-28/h5-8,13-15H,9-12H2,1-4H3,(H,26,30,31). The Balaban J connectivity index is 1.46. The number of aryl methyl sites for hydroxylation is 1. The van der Waals surface area contributed by atoms with E-state index in [0.29, 0.717) is 42.0 Å². The molecule has 3 atom stereocenters. The number of aromatic amines is 1. The van der Waals surface area contributed by atoms with Gasteiger partial charge in [0, 0.05) is 32.4 Å². The van der Waals surface area contributed by atoms with E-state index in [4.69, 9.17) is 14.1 Å². The minimum absolute atomic E-state index is 0.0336. The van der Waals surface area contributed by atoms with E-state index in [9.17, 15) is 9.59 Å². The predicted molar refractivity (Wildman–Crippen MR) is 132 cm³/mol. The van der Waals surface area contributed by atoms with E-state index in [-0.39, 0.29) is 18.1 Å². The lowest BCUT2D eigenvalue weighted by Crippen LogP contribution is -2.46. The number of aromatic nitrogens is 5. The number of thioether (sulfide) groups is 1. The first-order chi connectivity index (χ1) is 16.3. The summed E-state index contributed by atoms with van der Waals surface area (Å²) in [5, 5.41) is 0.625. The molecule has 34 heavy (non-hydrogen) atoms. The van der Waals surface area contributed by atoms with E-state index in [0.717, 1.165) is 16.9 Å². The molecule has 1 N–H and O–H groups in total. The van der Waals surface area contributed by atoms with Crippen LogP contribution in [0.2, 0.25) is 0 Å². The van der Waals surface area contributed by atoms with Gasteiger partial charge in [-0.2, -0.15) is 4.98 Å². The summed E-state index contributed by atoms with van der Waals surface area (Å²) in [7, 11) is 1.62. The van der Waals surface area contributed by atoms with Crippen LogP contribution >= 0.6 is 11.8 Å². The van der Waals surface area contributed by atoms with Crippen LogP contribution in [0.15, 0.2) is 43.5 Å². The Bertz CT molecular complexity index is 1410. The number of hydrogen-bond acceptors (Lipinski definition) is 8. The third-order valence-electron chi connectivity index (χ3n) is 5.95. The maximum atomic E-state index is 12.9. The van der Waals surface area contributed by atoms with Crippen molar-refractivity contribution < 1.29 is 9.15 Å². The number of nitrogens with zero attached hydrogens (tertiary/aromatic N) is 5. The Morgan fingerprint density at radius 3 is 2.65 bits per heavy atom. The van der Waals surface area contributed by atoms with E-state index in [1.165, 1.54) is 4.57 Å². The Labute approximate surface area is 199 Å². The summed E-state index contributed by atoms with van der Waals surface area (Å²) in [6.07, 6.45) is 0.0671. The maximum Gasteiger partial charge on any atom is 0.329 e. The second-order valence-electron chi connectivity index (χ2n) is 9.04. The highest BCUT2D eigenvalue weighted by molar-refractivity contribution is 7.99. The van der Waals surface area contributed by atoms with Crippen LogP contribution in [0.4, 0.5) is 5.95 Å². The first-order valence-electron chi connectivity index (χ1n) is 11.4. The third kappa shape index (κ3) is 4.25. The highest BCUT2D eigenvalue weighted by Crippen LogP contribution is 2.28. The fraction of sp³-hybridized carbons (Fsp3) is 0.478. The van der Waals surface area contributed by atoms with E-state index < -0.39 is 11.2 Å². The molecule has 10 nitrogen and oxygen atoms in total. The minimum Gasteiger partial charge on any atom is -0.431 e. The lowest BCUT2D eigenvalue weighted by molar-refractivity contribution is -0.00590. The number of anilines is 1. The van der Waals surface area contributed by atoms with Gasteiger partial charge in [-0.3, -0.25) is 14.3 Å². The van der Waals surface area contributed by atoms with Crippen LogP contribution in [0.1, 0.15) is 20.8 Å². The van der Waals surface area contributed by atoms with Crippen molar-refractivity contribution >= 4 is 40.0 Å². The van der Waals surface area contributed by atoms with Crippen molar-refractivity contribution in [2.45, 2.75) is 44.7 Å².